The van der Waals surface area contributed by atoms with E-state index < -0.39 is 0 Å². The molecule has 0 aliphatic carbocycles. The van der Waals surface area contributed by atoms with E-state index in [1.54, 1.807) is 7.11 Å². The van der Waals surface area contributed by atoms with Crippen molar-refractivity contribution in [2.45, 2.75) is 13.5 Å². The van der Waals surface area contributed by atoms with Gasteiger partial charge in [-0.2, -0.15) is 0 Å². The highest BCUT2D eigenvalue weighted by Crippen LogP contribution is 2.19. The Morgan fingerprint density at radius 2 is 1.90 bits per heavy atom. The maximum absolute atomic E-state index is 11.8. The second-order valence-electron chi connectivity index (χ2n) is 4.62. The third-order valence-corrected chi connectivity index (χ3v) is 3.92. The van der Waals surface area contributed by atoms with Gasteiger partial charge in [-0.25, -0.2) is 4.79 Å². The van der Waals surface area contributed by atoms with E-state index in [0.717, 1.165) is 27.0 Å². The molecule has 2 aromatic carbocycles. The van der Waals surface area contributed by atoms with Crippen LogP contribution in [0.2, 0.25) is 0 Å². The molecule has 0 atom stereocenters. The predicted octanol–water partition coefficient (Wildman–Crippen LogP) is 4.09. The average Bonchev–Trinajstić information content (AvgIpc) is 2.49. The molecule has 4 nitrogen and oxygen atoms in total. The Bertz CT molecular complexity index is 627. The molecular formula is C16H17BrN2O2. The van der Waals surface area contributed by atoms with E-state index >= 15 is 0 Å². The van der Waals surface area contributed by atoms with Crippen molar-refractivity contribution in [1.82, 2.24) is 5.32 Å². The van der Waals surface area contributed by atoms with Gasteiger partial charge in [-0.3, -0.25) is 0 Å². The minimum absolute atomic E-state index is 0.229. The molecule has 2 rings (SSSR count). The Labute approximate surface area is 132 Å². The van der Waals surface area contributed by atoms with Gasteiger partial charge in [-0.05, 0) is 48.4 Å². The van der Waals surface area contributed by atoms with E-state index in [4.69, 9.17) is 4.74 Å². The molecule has 0 saturated heterocycles. The van der Waals surface area contributed by atoms with Crippen molar-refractivity contribution < 1.29 is 9.53 Å². The standard InChI is InChI=1S/C16H17BrN2O2/c1-11-9-13(5-8-15(11)17)19-16(20)18-10-12-3-6-14(21-2)7-4-12/h3-9H,10H2,1-2H3,(H2,18,19,20). The maximum Gasteiger partial charge on any atom is 0.319 e. The number of rotatable bonds is 4. The number of methoxy groups -OCH3 is 1. The SMILES string of the molecule is COc1ccc(CNC(=O)Nc2ccc(Br)c(C)c2)cc1. The predicted molar refractivity (Wildman–Crippen MR) is 87.7 cm³/mol. The largest absolute Gasteiger partial charge is 0.497 e. The first-order chi connectivity index (χ1) is 10.1. The molecule has 2 amide bonds. The Kier molecular flexibility index (Phi) is 5.22. The zero-order valence-electron chi connectivity index (χ0n) is 11.9. The monoisotopic (exact) mass is 348 g/mol. The first kappa shape index (κ1) is 15.4. The zero-order chi connectivity index (χ0) is 15.2. The fourth-order valence-corrected chi connectivity index (χ4v) is 2.07. The molecule has 2 aromatic rings. The summed E-state index contributed by atoms with van der Waals surface area (Å²) in [6, 6.07) is 13.0. The number of urea groups is 1. The second-order valence-corrected chi connectivity index (χ2v) is 5.47. The minimum Gasteiger partial charge on any atom is -0.497 e. The Hall–Kier alpha value is -2.01. The van der Waals surface area contributed by atoms with Gasteiger partial charge >= 0.3 is 6.03 Å². The molecule has 0 radical (unpaired) electrons. The van der Waals surface area contributed by atoms with E-state index in [2.05, 4.69) is 26.6 Å². The molecule has 0 saturated carbocycles. The molecule has 0 spiro atoms. The topological polar surface area (TPSA) is 50.4 Å². The number of halogens is 1. The van der Waals surface area contributed by atoms with Crippen molar-refractivity contribution in [3.05, 3.63) is 58.1 Å². The average molecular weight is 349 g/mol. The highest BCUT2D eigenvalue weighted by atomic mass is 79.9. The number of hydrogen-bond donors (Lipinski definition) is 2. The summed E-state index contributed by atoms with van der Waals surface area (Å²) in [6.45, 7) is 2.44. The molecule has 0 unspecified atom stereocenters. The minimum atomic E-state index is -0.229. The molecule has 2 N–H and O–H groups in total. The molecule has 0 fully saturated rings. The van der Waals surface area contributed by atoms with Crippen LogP contribution in [0.5, 0.6) is 5.75 Å². The Balaban J connectivity index is 1.87. The molecule has 0 aliphatic rings. The summed E-state index contributed by atoms with van der Waals surface area (Å²) in [5.74, 6) is 0.800. The van der Waals surface area contributed by atoms with Gasteiger partial charge in [0.2, 0.25) is 0 Å². The Morgan fingerprint density at radius 1 is 1.19 bits per heavy atom. The van der Waals surface area contributed by atoms with E-state index in [1.807, 2.05) is 49.4 Å². The van der Waals surface area contributed by atoms with Crippen molar-refractivity contribution in [2.24, 2.45) is 0 Å². The molecule has 110 valence electrons. The highest BCUT2D eigenvalue weighted by molar-refractivity contribution is 9.10. The number of carbonyl (C=O) groups is 1. The quantitative estimate of drug-likeness (QED) is 0.874. The summed E-state index contributed by atoms with van der Waals surface area (Å²) >= 11 is 3.43. The number of aryl methyl sites for hydroxylation is 1. The fourth-order valence-electron chi connectivity index (χ4n) is 1.82. The number of amides is 2. The first-order valence-corrected chi connectivity index (χ1v) is 7.31. The number of ether oxygens (including phenoxy) is 1. The van der Waals surface area contributed by atoms with Crippen molar-refractivity contribution in [3.63, 3.8) is 0 Å². The van der Waals surface area contributed by atoms with Gasteiger partial charge in [-0.15, -0.1) is 0 Å². The van der Waals surface area contributed by atoms with Gasteiger partial charge in [0, 0.05) is 16.7 Å². The fraction of sp³-hybridized carbons (Fsp3) is 0.188. The lowest BCUT2D eigenvalue weighted by Crippen LogP contribution is -2.28. The van der Waals surface area contributed by atoms with Crippen LogP contribution in [-0.4, -0.2) is 13.1 Å². The number of carbonyl (C=O) groups excluding carboxylic acids is 1. The van der Waals surface area contributed by atoms with Crippen LogP contribution >= 0.6 is 15.9 Å². The summed E-state index contributed by atoms with van der Waals surface area (Å²) in [5, 5.41) is 5.62. The van der Waals surface area contributed by atoms with Gasteiger partial charge in [-0.1, -0.05) is 28.1 Å². The van der Waals surface area contributed by atoms with Crippen molar-refractivity contribution in [3.8, 4) is 5.75 Å². The number of benzene rings is 2. The second kappa shape index (κ2) is 7.13. The van der Waals surface area contributed by atoms with E-state index in [0.29, 0.717) is 6.54 Å². The molecule has 0 bridgehead atoms. The lowest BCUT2D eigenvalue weighted by atomic mass is 10.2. The summed E-state index contributed by atoms with van der Waals surface area (Å²) < 4.78 is 6.11. The van der Waals surface area contributed by atoms with Gasteiger partial charge in [0.25, 0.3) is 0 Å². The number of nitrogens with one attached hydrogen (secondary N) is 2. The third-order valence-electron chi connectivity index (χ3n) is 3.03. The van der Waals surface area contributed by atoms with Gasteiger partial charge < -0.3 is 15.4 Å². The maximum atomic E-state index is 11.8. The molecule has 21 heavy (non-hydrogen) atoms. The van der Waals surface area contributed by atoms with Gasteiger partial charge in [0.15, 0.2) is 0 Å². The molecule has 5 heteroatoms. The van der Waals surface area contributed by atoms with Crippen LogP contribution in [0.25, 0.3) is 0 Å². The van der Waals surface area contributed by atoms with Crippen LogP contribution in [0.4, 0.5) is 10.5 Å². The van der Waals surface area contributed by atoms with Gasteiger partial charge in [0.05, 0.1) is 7.11 Å². The Morgan fingerprint density at radius 3 is 2.52 bits per heavy atom. The highest BCUT2D eigenvalue weighted by Gasteiger charge is 2.03. The van der Waals surface area contributed by atoms with Crippen LogP contribution in [0.15, 0.2) is 46.9 Å². The summed E-state index contributed by atoms with van der Waals surface area (Å²) in [5.41, 5.74) is 2.85. The number of hydrogen-bond acceptors (Lipinski definition) is 2. The van der Waals surface area contributed by atoms with Crippen LogP contribution in [0.1, 0.15) is 11.1 Å². The summed E-state index contributed by atoms with van der Waals surface area (Å²) in [7, 11) is 1.63. The van der Waals surface area contributed by atoms with Crippen LogP contribution in [0, 0.1) is 6.92 Å². The third kappa shape index (κ3) is 4.49. The summed E-state index contributed by atoms with van der Waals surface area (Å²) in [4.78, 5) is 11.8. The summed E-state index contributed by atoms with van der Waals surface area (Å²) in [6.07, 6.45) is 0. The van der Waals surface area contributed by atoms with Crippen LogP contribution < -0.4 is 15.4 Å². The number of anilines is 1. The zero-order valence-corrected chi connectivity index (χ0v) is 13.5. The molecular weight excluding hydrogens is 332 g/mol. The van der Waals surface area contributed by atoms with Gasteiger partial charge in [0.1, 0.15) is 5.75 Å². The van der Waals surface area contributed by atoms with Crippen LogP contribution in [-0.2, 0) is 6.54 Å². The lowest BCUT2D eigenvalue weighted by molar-refractivity contribution is 0.251. The first-order valence-electron chi connectivity index (χ1n) is 6.52. The van der Waals surface area contributed by atoms with Crippen molar-refractivity contribution in [1.29, 1.82) is 0 Å². The van der Waals surface area contributed by atoms with Crippen molar-refractivity contribution in [2.75, 3.05) is 12.4 Å². The molecule has 0 aliphatic heterocycles. The molecule has 0 aromatic heterocycles. The normalized spacial score (nSPS) is 10.0. The lowest BCUT2D eigenvalue weighted by Gasteiger charge is -2.09. The van der Waals surface area contributed by atoms with E-state index in [9.17, 15) is 4.79 Å². The smallest absolute Gasteiger partial charge is 0.319 e. The molecule has 0 heterocycles. The van der Waals surface area contributed by atoms with Crippen LogP contribution in [0.3, 0.4) is 0 Å². The van der Waals surface area contributed by atoms with E-state index in [-0.39, 0.29) is 6.03 Å². The van der Waals surface area contributed by atoms with E-state index in [1.165, 1.54) is 0 Å². The van der Waals surface area contributed by atoms with Crippen molar-refractivity contribution >= 4 is 27.6 Å².